The second-order valence-corrected chi connectivity index (χ2v) is 20.1. The summed E-state index contributed by atoms with van der Waals surface area (Å²) in [6.07, 6.45) is -1.20. The van der Waals surface area contributed by atoms with E-state index >= 15 is 4.79 Å². The molecule has 70 heavy (non-hydrogen) atoms. The predicted molar refractivity (Wildman–Crippen MR) is 269 cm³/mol. The van der Waals surface area contributed by atoms with E-state index in [-0.39, 0.29) is 57.1 Å². The minimum Gasteiger partial charge on any atom is -0.465 e. The molecule has 0 saturated carbocycles. The van der Waals surface area contributed by atoms with Gasteiger partial charge in [-0.2, -0.15) is 0 Å². The average molecular weight is 994 g/mol. The molecule has 2 atom stereocenters. The van der Waals surface area contributed by atoms with Crippen molar-refractivity contribution < 1.29 is 42.9 Å². The third kappa shape index (κ3) is 10.5. The molecule has 0 radical (unpaired) electrons. The number of halogens is 2. The van der Waals surface area contributed by atoms with Gasteiger partial charge < -0.3 is 29.6 Å². The Labute approximate surface area is 416 Å². The van der Waals surface area contributed by atoms with Crippen LogP contribution in [0.2, 0.25) is 10.0 Å². The third-order valence-corrected chi connectivity index (χ3v) is 12.7. The number of nitrogens with one attached hydrogen (secondary N) is 4. The van der Waals surface area contributed by atoms with E-state index in [1.165, 1.54) is 9.13 Å². The minimum atomic E-state index is -0.909. The van der Waals surface area contributed by atoms with Gasteiger partial charge in [-0.25, -0.2) is 18.7 Å². The number of Topliss-reactive ketones (excluding diaryl/α,β-unsaturated/α-hetero) is 1. The first-order chi connectivity index (χ1) is 33.3. The smallest absolute Gasteiger partial charge is 0.419 e. The number of esters is 2. The van der Waals surface area contributed by atoms with Gasteiger partial charge in [0.05, 0.1) is 60.8 Å². The number of benzene rings is 4. The van der Waals surface area contributed by atoms with E-state index < -0.39 is 35.5 Å². The minimum absolute atomic E-state index is 0.0380. The van der Waals surface area contributed by atoms with Gasteiger partial charge >= 0.3 is 24.1 Å². The lowest BCUT2D eigenvalue weighted by Gasteiger charge is -2.24. The zero-order valence-corrected chi connectivity index (χ0v) is 42.1. The van der Waals surface area contributed by atoms with Crippen LogP contribution < -0.4 is 21.3 Å². The Morgan fingerprint density at radius 3 is 1.37 bits per heavy atom. The van der Waals surface area contributed by atoms with E-state index in [0.717, 1.165) is 21.9 Å². The van der Waals surface area contributed by atoms with Crippen LogP contribution in [0.15, 0.2) is 72.8 Å². The molecule has 2 unspecified atom stereocenters. The van der Waals surface area contributed by atoms with Crippen LogP contribution in [0, 0.1) is 0 Å². The van der Waals surface area contributed by atoms with Crippen LogP contribution in [-0.4, -0.2) is 76.5 Å². The van der Waals surface area contributed by atoms with E-state index in [9.17, 15) is 19.2 Å². The topological polar surface area (TPSA) is 180 Å². The van der Waals surface area contributed by atoms with Crippen molar-refractivity contribution >= 4 is 74.9 Å². The van der Waals surface area contributed by atoms with Gasteiger partial charge in [-0.05, 0) is 137 Å². The van der Waals surface area contributed by atoms with Gasteiger partial charge in [0.2, 0.25) is 0 Å². The van der Waals surface area contributed by atoms with Gasteiger partial charge in [0, 0.05) is 58.1 Å². The van der Waals surface area contributed by atoms with E-state index in [1.807, 2.05) is 60.7 Å². The molecule has 0 spiro atoms. The van der Waals surface area contributed by atoms with Crippen LogP contribution in [0.1, 0.15) is 101 Å². The SMILES string of the molecule is CCOC(=O)CNCc1ccc2c(c1)cc(-c1ccc(Cl)c3c1C(C(=O)C1NCc4c(Cl)ccc(-c5cc6cc(CNCC(=O)OCC)ccc6n5C(=O)OC(C)(C)C)c41)NC3)n2C(=O)OC(C)(C)C. The number of ether oxygens (including phenoxy) is 4. The Balaban J connectivity index is 1.21. The standard InChI is InChI=1S/C53H58Cl2N6O9/c1-9-67-43(62)27-56-23-29-11-17-39-31(19-29)21-41(60(39)50(65)69-52(3,4)5)33-13-15-37(54)35-25-58-47(45(33)35)49(64)48-46-34(14-16-38(55)36(46)26-59-48)42-22-32-20-30(24-57-28-44(63)68-10-2)12-18-40(32)61(42)51(66)70-53(6,7)8/h11-22,47-48,56-59H,9-10,23-28H2,1-8H3. The van der Waals surface area contributed by atoms with Crippen molar-refractivity contribution in [1.82, 2.24) is 30.4 Å². The molecule has 2 aliphatic rings. The highest BCUT2D eigenvalue weighted by Gasteiger charge is 2.42. The molecule has 6 aromatic rings. The number of hydrogen-bond donors (Lipinski definition) is 4. The van der Waals surface area contributed by atoms with Crippen molar-refractivity contribution in [2.75, 3.05) is 26.3 Å². The Bertz CT molecular complexity index is 2850. The van der Waals surface area contributed by atoms with Crippen molar-refractivity contribution in [3.05, 3.63) is 116 Å². The van der Waals surface area contributed by atoms with Crippen LogP contribution in [0.3, 0.4) is 0 Å². The average Bonchev–Trinajstić information content (AvgIpc) is 4.09. The van der Waals surface area contributed by atoms with E-state index in [2.05, 4.69) is 21.3 Å². The van der Waals surface area contributed by atoms with E-state index in [0.29, 0.717) is 78.9 Å². The van der Waals surface area contributed by atoms with Gasteiger partial charge in [0.15, 0.2) is 5.78 Å². The lowest BCUT2D eigenvalue weighted by Crippen LogP contribution is -2.32. The maximum absolute atomic E-state index is 15.5. The zero-order chi connectivity index (χ0) is 50.2. The third-order valence-electron chi connectivity index (χ3n) is 12.0. The summed E-state index contributed by atoms with van der Waals surface area (Å²) < 4.78 is 25.2. The Morgan fingerprint density at radius 1 is 0.600 bits per heavy atom. The molecular formula is C53H58Cl2N6O9. The van der Waals surface area contributed by atoms with Crippen molar-refractivity contribution in [3.8, 4) is 22.5 Å². The van der Waals surface area contributed by atoms with Gasteiger partial charge in [-0.3, -0.25) is 25.0 Å². The fraction of sp³-hybridized carbons (Fsp3) is 0.377. The number of aromatic nitrogens is 2. The summed E-state index contributed by atoms with van der Waals surface area (Å²) in [5.74, 6) is -0.942. The number of ketones is 1. The maximum atomic E-state index is 15.5. The molecule has 4 heterocycles. The molecular weight excluding hydrogens is 936 g/mol. The molecule has 368 valence electrons. The highest BCUT2D eigenvalue weighted by Crippen LogP contribution is 2.46. The van der Waals surface area contributed by atoms with Crippen LogP contribution in [0.25, 0.3) is 44.3 Å². The van der Waals surface area contributed by atoms with Crippen LogP contribution >= 0.6 is 23.2 Å². The van der Waals surface area contributed by atoms with E-state index in [4.69, 9.17) is 42.1 Å². The largest absolute Gasteiger partial charge is 0.465 e. The Morgan fingerprint density at radius 2 is 1.00 bits per heavy atom. The lowest BCUT2D eigenvalue weighted by atomic mass is 9.87. The number of hydrogen-bond acceptors (Lipinski definition) is 13. The molecule has 0 fully saturated rings. The first-order valence-corrected chi connectivity index (χ1v) is 24.1. The number of nitrogens with zero attached hydrogens (tertiary/aromatic N) is 2. The molecule has 8 rings (SSSR count). The Hall–Kier alpha value is -6.07. The predicted octanol–water partition coefficient (Wildman–Crippen LogP) is 9.67. The van der Waals surface area contributed by atoms with Crippen molar-refractivity contribution in [3.63, 3.8) is 0 Å². The van der Waals surface area contributed by atoms with Crippen LogP contribution in [0.4, 0.5) is 9.59 Å². The summed E-state index contributed by atoms with van der Waals surface area (Å²) >= 11 is 13.9. The summed E-state index contributed by atoms with van der Waals surface area (Å²) in [5, 5.41) is 15.5. The summed E-state index contributed by atoms with van der Waals surface area (Å²) in [6, 6.07) is 20.5. The quantitative estimate of drug-likeness (QED) is 0.0599. The molecule has 2 aromatic heterocycles. The van der Waals surface area contributed by atoms with Crippen molar-refractivity contribution in [2.45, 2.75) is 105 Å². The summed E-state index contributed by atoms with van der Waals surface area (Å²) in [4.78, 5) is 68.1. The molecule has 2 aliphatic heterocycles. The Kier molecular flexibility index (Phi) is 14.6. The number of fused-ring (bicyclic) bond motifs is 4. The summed E-state index contributed by atoms with van der Waals surface area (Å²) in [7, 11) is 0. The molecule has 17 heteroatoms. The number of rotatable bonds is 14. The second-order valence-electron chi connectivity index (χ2n) is 19.3. The second kappa shape index (κ2) is 20.3. The van der Waals surface area contributed by atoms with Gasteiger partial charge in [-0.15, -0.1) is 0 Å². The molecule has 0 aliphatic carbocycles. The van der Waals surface area contributed by atoms with Gasteiger partial charge in [0.25, 0.3) is 0 Å². The summed E-state index contributed by atoms with van der Waals surface area (Å²) in [6.45, 7) is 16.2. The fourth-order valence-electron chi connectivity index (χ4n) is 9.20. The highest BCUT2D eigenvalue weighted by molar-refractivity contribution is 6.32. The number of carbonyl (C=O) groups excluding carboxylic acids is 5. The van der Waals surface area contributed by atoms with Crippen LogP contribution in [-0.2, 0) is 59.5 Å². The van der Waals surface area contributed by atoms with Gasteiger partial charge in [-0.1, -0.05) is 47.5 Å². The van der Waals surface area contributed by atoms with Crippen molar-refractivity contribution in [1.29, 1.82) is 0 Å². The molecule has 4 aromatic carbocycles. The van der Waals surface area contributed by atoms with Gasteiger partial charge in [0.1, 0.15) is 11.2 Å². The maximum Gasteiger partial charge on any atom is 0.419 e. The number of carbonyl (C=O) groups is 5. The molecule has 4 N–H and O–H groups in total. The molecule has 0 amide bonds. The summed E-state index contributed by atoms with van der Waals surface area (Å²) in [5.41, 5.74) is 6.12. The zero-order valence-electron chi connectivity index (χ0n) is 40.6. The lowest BCUT2D eigenvalue weighted by molar-refractivity contribution is -0.142. The monoisotopic (exact) mass is 992 g/mol. The van der Waals surface area contributed by atoms with E-state index in [1.54, 1.807) is 67.5 Å². The highest BCUT2D eigenvalue weighted by atomic mass is 35.5. The molecule has 15 nitrogen and oxygen atoms in total. The normalized spacial score (nSPS) is 15.5. The fourth-order valence-corrected chi connectivity index (χ4v) is 9.67. The van der Waals surface area contributed by atoms with Crippen LogP contribution in [0.5, 0.6) is 0 Å². The first-order valence-electron chi connectivity index (χ1n) is 23.4. The molecule has 0 saturated heterocycles. The first kappa shape index (κ1) is 50.3. The molecule has 0 bridgehead atoms. The van der Waals surface area contributed by atoms with Crippen molar-refractivity contribution in [2.24, 2.45) is 0 Å².